The molecule has 9 nitrogen and oxygen atoms in total. The normalized spacial score (nSPS) is 16.8. The van der Waals surface area contributed by atoms with E-state index in [-0.39, 0.29) is 18.5 Å². The number of ether oxygens (including phenoxy) is 1. The molecule has 2 aromatic rings. The minimum Gasteiger partial charge on any atom is -0.497 e. The standard InChI is InChI=1S/C16H19N5O4/c1-21-12(6-7-14(21)22)15-19-13(20-25-15)9-17-16(23)18-10-4-3-5-11(8-10)24-2/h3-5,8,12H,6-7,9H2,1-2H3,(H2,17,18,23)/t12-/m0/s1. The number of methoxy groups -OCH3 is 1. The van der Waals surface area contributed by atoms with E-state index >= 15 is 0 Å². The van der Waals surface area contributed by atoms with Gasteiger partial charge in [-0.25, -0.2) is 4.79 Å². The Morgan fingerprint density at radius 2 is 2.32 bits per heavy atom. The average Bonchev–Trinajstić information content (AvgIpc) is 3.20. The van der Waals surface area contributed by atoms with Gasteiger partial charge in [0.2, 0.25) is 11.8 Å². The Morgan fingerprint density at radius 3 is 3.04 bits per heavy atom. The zero-order chi connectivity index (χ0) is 17.8. The van der Waals surface area contributed by atoms with Crippen molar-refractivity contribution in [2.45, 2.75) is 25.4 Å². The first kappa shape index (κ1) is 16.7. The lowest BCUT2D eigenvalue weighted by molar-refractivity contribution is -0.127. The number of amides is 3. The van der Waals surface area contributed by atoms with Crippen LogP contribution in [0.3, 0.4) is 0 Å². The number of carbonyl (C=O) groups excluding carboxylic acids is 2. The highest BCUT2D eigenvalue weighted by atomic mass is 16.5. The van der Waals surface area contributed by atoms with Gasteiger partial charge in [-0.2, -0.15) is 4.98 Å². The predicted molar refractivity (Wildman–Crippen MR) is 87.9 cm³/mol. The maximum Gasteiger partial charge on any atom is 0.319 e. The van der Waals surface area contributed by atoms with Crippen molar-refractivity contribution in [1.29, 1.82) is 0 Å². The van der Waals surface area contributed by atoms with Gasteiger partial charge in [0.25, 0.3) is 0 Å². The zero-order valence-corrected chi connectivity index (χ0v) is 14.0. The summed E-state index contributed by atoms with van der Waals surface area (Å²) in [5.74, 6) is 1.44. The van der Waals surface area contributed by atoms with Gasteiger partial charge in [-0.3, -0.25) is 4.79 Å². The molecule has 2 N–H and O–H groups in total. The molecule has 1 aliphatic heterocycles. The Bertz CT molecular complexity index is 775. The molecule has 0 spiro atoms. The summed E-state index contributed by atoms with van der Waals surface area (Å²) in [5.41, 5.74) is 0.608. The van der Waals surface area contributed by atoms with E-state index in [1.54, 1.807) is 43.3 Å². The van der Waals surface area contributed by atoms with E-state index in [1.807, 2.05) is 0 Å². The molecule has 1 aromatic heterocycles. The molecular formula is C16H19N5O4. The third kappa shape index (κ3) is 3.87. The van der Waals surface area contributed by atoms with Crippen molar-refractivity contribution in [1.82, 2.24) is 20.4 Å². The lowest BCUT2D eigenvalue weighted by Gasteiger charge is -2.14. The minimum atomic E-state index is -0.396. The molecule has 2 heterocycles. The molecule has 132 valence electrons. The van der Waals surface area contributed by atoms with Gasteiger partial charge in [0, 0.05) is 25.2 Å². The van der Waals surface area contributed by atoms with Crippen LogP contribution in [0.5, 0.6) is 5.75 Å². The quantitative estimate of drug-likeness (QED) is 0.853. The van der Waals surface area contributed by atoms with Crippen molar-refractivity contribution in [2.75, 3.05) is 19.5 Å². The Hall–Kier alpha value is -3.10. The number of anilines is 1. The average molecular weight is 345 g/mol. The number of nitrogens with one attached hydrogen (secondary N) is 2. The number of nitrogens with zero attached hydrogens (tertiary/aromatic N) is 3. The monoisotopic (exact) mass is 345 g/mol. The van der Waals surface area contributed by atoms with Crippen LogP contribution in [0.2, 0.25) is 0 Å². The summed E-state index contributed by atoms with van der Waals surface area (Å²) in [4.78, 5) is 29.3. The minimum absolute atomic E-state index is 0.0561. The molecule has 9 heteroatoms. The summed E-state index contributed by atoms with van der Waals surface area (Å²) < 4.78 is 10.3. The van der Waals surface area contributed by atoms with E-state index in [9.17, 15) is 9.59 Å². The number of urea groups is 1. The fourth-order valence-electron chi connectivity index (χ4n) is 2.60. The van der Waals surface area contributed by atoms with Crippen molar-refractivity contribution in [3.63, 3.8) is 0 Å². The largest absolute Gasteiger partial charge is 0.497 e. The molecule has 3 amide bonds. The van der Waals surface area contributed by atoms with Crippen molar-refractivity contribution >= 4 is 17.6 Å². The van der Waals surface area contributed by atoms with E-state index in [4.69, 9.17) is 9.26 Å². The first-order valence-electron chi connectivity index (χ1n) is 7.84. The molecule has 1 aromatic carbocycles. The van der Waals surface area contributed by atoms with Crippen molar-refractivity contribution in [2.24, 2.45) is 0 Å². The van der Waals surface area contributed by atoms with Gasteiger partial charge in [-0.15, -0.1) is 0 Å². The summed E-state index contributed by atoms with van der Waals surface area (Å²) in [7, 11) is 3.27. The van der Waals surface area contributed by atoms with Crippen LogP contribution in [0, 0.1) is 0 Å². The summed E-state index contributed by atoms with van der Waals surface area (Å²) in [6, 6.07) is 6.43. The van der Waals surface area contributed by atoms with Crippen LogP contribution < -0.4 is 15.4 Å². The van der Waals surface area contributed by atoms with Crippen LogP contribution in [0.15, 0.2) is 28.8 Å². The molecule has 3 rings (SSSR count). The topological polar surface area (TPSA) is 110 Å². The molecular weight excluding hydrogens is 326 g/mol. The molecule has 25 heavy (non-hydrogen) atoms. The Morgan fingerprint density at radius 1 is 1.48 bits per heavy atom. The van der Waals surface area contributed by atoms with E-state index in [1.165, 1.54) is 0 Å². The maximum absolute atomic E-state index is 11.9. The predicted octanol–water partition coefficient (Wildman–Crippen LogP) is 1.69. The first-order valence-corrected chi connectivity index (χ1v) is 7.84. The Kier molecular flexibility index (Phi) is 4.82. The van der Waals surface area contributed by atoms with Crippen LogP contribution in [0.4, 0.5) is 10.5 Å². The first-order chi connectivity index (χ1) is 12.1. The number of aromatic nitrogens is 2. The van der Waals surface area contributed by atoms with Crippen molar-refractivity contribution in [3.8, 4) is 5.75 Å². The fraction of sp³-hybridized carbons (Fsp3) is 0.375. The van der Waals surface area contributed by atoms with Crippen LogP contribution in [-0.2, 0) is 11.3 Å². The van der Waals surface area contributed by atoms with Gasteiger partial charge in [0.15, 0.2) is 5.82 Å². The molecule has 1 fully saturated rings. The molecule has 0 bridgehead atoms. The number of rotatable bonds is 5. The van der Waals surface area contributed by atoms with Crippen molar-refractivity contribution in [3.05, 3.63) is 36.0 Å². The second-order valence-corrected chi connectivity index (χ2v) is 5.65. The summed E-state index contributed by atoms with van der Waals surface area (Å²) in [6.07, 6.45) is 1.13. The Labute approximate surface area is 144 Å². The smallest absolute Gasteiger partial charge is 0.319 e. The fourth-order valence-corrected chi connectivity index (χ4v) is 2.60. The van der Waals surface area contributed by atoms with Crippen LogP contribution in [-0.4, -0.2) is 41.1 Å². The molecule has 0 unspecified atom stereocenters. The molecule has 1 aliphatic rings. The highest BCUT2D eigenvalue weighted by Crippen LogP contribution is 2.29. The highest BCUT2D eigenvalue weighted by Gasteiger charge is 2.33. The SMILES string of the molecule is COc1cccc(NC(=O)NCc2noc([C@@H]3CCC(=O)N3C)n2)c1. The summed E-state index contributed by atoms with van der Waals surface area (Å²) in [6.45, 7) is 0.115. The molecule has 0 saturated carbocycles. The number of carbonyl (C=O) groups is 2. The Balaban J connectivity index is 1.53. The van der Waals surface area contributed by atoms with Crippen LogP contribution in [0.25, 0.3) is 0 Å². The lowest BCUT2D eigenvalue weighted by Crippen LogP contribution is -2.28. The van der Waals surface area contributed by atoms with E-state index in [0.717, 1.165) is 0 Å². The van der Waals surface area contributed by atoms with Gasteiger partial charge >= 0.3 is 6.03 Å². The second kappa shape index (κ2) is 7.20. The van der Waals surface area contributed by atoms with Gasteiger partial charge in [-0.1, -0.05) is 11.2 Å². The van der Waals surface area contributed by atoms with E-state index in [2.05, 4.69) is 20.8 Å². The number of benzene rings is 1. The second-order valence-electron chi connectivity index (χ2n) is 5.65. The van der Waals surface area contributed by atoms with Crippen LogP contribution in [0.1, 0.15) is 30.6 Å². The van der Waals surface area contributed by atoms with E-state index < -0.39 is 6.03 Å². The molecule has 1 saturated heterocycles. The number of likely N-dealkylation sites (tertiary alicyclic amines) is 1. The number of hydrogen-bond acceptors (Lipinski definition) is 6. The lowest BCUT2D eigenvalue weighted by atomic mass is 10.2. The van der Waals surface area contributed by atoms with Gasteiger partial charge in [0.05, 0.1) is 13.7 Å². The van der Waals surface area contributed by atoms with Crippen molar-refractivity contribution < 1.29 is 18.8 Å². The highest BCUT2D eigenvalue weighted by molar-refractivity contribution is 5.89. The van der Waals surface area contributed by atoms with Gasteiger partial charge in [-0.05, 0) is 18.6 Å². The van der Waals surface area contributed by atoms with Crippen LogP contribution >= 0.6 is 0 Å². The summed E-state index contributed by atoms with van der Waals surface area (Å²) >= 11 is 0. The molecule has 0 aliphatic carbocycles. The van der Waals surface area contributed by atoms with E-state index in [0.29, 0.717) is 36.0 Å². The molecule has 0 radical (unpaired) electrons. The maximum atomic E-state index is 11.9. The third-order valence-electron chi connectivity index (χ3n) is 4.00. The van der Waals surface area contributed by atoms with Gasteiger partial charge < -0.3 is 24.8 Å². The van der Waals surface area contributed by atoms with Gasteiger partial charge in [0.1, 0.15) is 11.8 Å². The zero-order valence-electron chi connectivity index (χ0n) is 14.0. The summed E-state index contributed by atoms with van der Waals surface area (Å²) in [5, 5.41) is 9.19. The molecule has 1 atom stereocenters. The number of hydrogen-bond donors (Lipinski definition) is 2. The third-order valence-corrected chi connectivity index (χ3v) is 4.00.